The van der Waals surface area contributed by atoms with E-state index in [0.717, 1.165) is 29.0 Å². The van der Waals surface area contributed by atoms with Gasteiger partial charge >= 0.3 is 6.03 Å². The van der Waals surface area contributed by atoms with Gasteiger partial charge in [0, 0.05) is 24.7 Å². The number of para-hydroxylation sites is 1. The number of aryl methyl sites for hydroxylation is 1. The second-order valence-corrected chi connectivity index (χ2v) is 11.5. The normalized spacial score (nSPS) is 17.0. The zero-order chi connectivity index (χ0) is 31.9. The number of urea groups is 1. The van der Waals surface area contributed by atoms with Gasteiger partial charge in [0.05, 0.1) is 12.8 Å². The fourth-order valence-corrected chi connectivity index (χ4v) is 4.88. The van der Waals surface area contributed by atoms with Gasteiger partial charge in [-0.1, -0.05) is 37.1 Å². The average molecular weight is 595 g/mol. The third-order valence-electron chi connectivity index (χ3n) is 7.63. The van der Waals surface area contributed by atoms with E-state index in [4.69, 9.17) is 16.2 Å². The number of ether oxygens (including phenoxy) is 1. The van der Waals surface area contributed by atoms with Crippen molar-refractivity contribution in [2.45, 2.75) is 77.5 Å². The summed E-state index contributed by atoms with van der Waals surface area (Å²) in [6.07, 6.45) is 2.74. The molecule has 1 aliphatic heterocycles. The van der Waals surface area contributed by atoms with Gasteiger partial charge < -0.3 is 31.7 Å². The first-order valence-electron chi connectivity index (χ1n) is 14.2. The Morgan fingerprint density at radius 1 is 1.16 bits per heavy atom. The average Bonchev–Trinajstić information content (AvgIpc) is 3.75. The van der Waals surface area contributed by atoms with E-state index in [-0.39, 0.29) is 18.9 Å². The van der Waals surface area contributed by atoms with Crippen LogP contribution in [0.25, 0.3) is 0 Å². The first-order chi connectivity index (χ1) is 20.3. The molecule has 0 aromatic heterocycles. The van der Waals surface area contributed by atoms with Crippen molar-refractivity contribution < 1.29 is 28.7 Å². The Kier molecular flexibility index (Phi) is 10.7. The number of amides is 6. The Morgan fingerprint density at radius 2 is 1.84 bits per heavy atom. The monoisotopic (exact) mass is 594 g/mol. The number of methoxy groups -OCH3 is 1. The summed E-state index contributed by atoms with van der Waals surface area (Å²) in [5.74, 6) is -0.816. The molecule has 6 amide bonds. The van der Waals surface area contributed by atoms with Crippen molar-refractivity contribution in [1.29, 1.82) is 0 Å². The Hall–Kier alpha value is -4.61. The molecular formula is C31H42N6O6. The molecule has 0 bridgehead atoms. The highest BCUT2D eigenvalue weighted by Gasteiger charge is 2.55. The SMILES string of the molecule is COc1cc(CN2C(=O)N(C(CC3CC3)C(=O)NC(C)CC(N)=O)C(=O)C2(C)C)ccc1NC=O.Cc1ccccc1N. The third-order valence-corrected chi connectivity index (χ3v) is 7.63. The summed E-state index contributed by atoms with van der Waals surface area (Å²) in [7, 11) is 1.46. The minimum Gasteiger partial charge on any atom is -0.495 e. The number of nitrogen functional groups attached to an aromatic ring is 1. The lowest BCUT2D eigenvalue weighted by Crippen LogP contribution is -2.53. The van der Waals surface area contributed by atoms with Crippen LogP contribution in [0.15, 0.2) is 42.5 Å². The van der Waals surface area contributed by atoms with Gasteiger partial charge in [-0.05, 0) is 69.4 Å². The van der Waals surface area contributed by atoms with E-state index in [0.29, 0.717) is 29.8 Å². The number of hydrogen-bond acceptors (Lipinski definition) is 7. The molecule has 2 aliphatic rings. The smallest absolute Gasteiger partial charge is 0.328 e. The molecule has 12 heteroatoms. The highest BCUT2D eigenvalue weighted by Crippen LogP contribution is 2.38. The number of benzene rings is 2. The zero-order valence-electron chi connectivity index (χ0n) is 25.4. The van der Waals surface area contributed by atoms with Crippen LogP contribution in [0.5, 0.6) is 5.75 Å². The van der Waals surface area contributed by atoms with Crippen LogP contribution < -0.4 is 26.8 Å². The first kappa shape index (κ1) is 32.9. The van der Waals surface area contributed by atoms with Crippen molar-refractivity contribution in [2.24, 2.45) is 11.7 Å². The molecule has 6 N–H and O–H groups in total. The van der Waals surface area contributed by atoms with Gasteiger partial charge in [-0.2, -0.15) is 0 Å². The summed E-state index contributed by atoms with van der Waals surface area (Å²) in [6, 6.07) is 10.8. The number of primary amides is 1. The highest BCUT2D eigenvalue weighted by molar-refractivity contribution is 6.09. The van der Waals surface area contributed by atoms with Crippen LogP contribution in [0.2, 0.25) is 0 Å². The Morgan fingerprint density at radius 3 is 2.37 bits per heavy atom. The predicted molar refractivity (Wildman–Crippen MR) is 163 cm³/mol. The molecule has 2 aromatic carbocycles. The van der Waals surface area contributed by atoms with E-state index >= 15 is 0 Å². The van der Waals surface area contributed by atoms with Gasteiger partial charge in [-0.25, -0.2) is 9.69 Å². The van der Waals surface area contributed by atoms with Crippen molar-refractivity contribution >= 4 is 41.5 Å². The first-order valence-corrected chi connectivity index (χ1v) is 14.2. The van der Waals surface area contributed by atoms with Crippen LogP contribution in [0.3, 0.4) is 0 Å². The Balaban J connectivity index is 0.000000546. The number of carbonyl (C=O) groups is 5. The molecule has 43 heavy (non-hydrogen) atoms. The molecule has 2 unspecified atom stereocenters. The maximum atomic E-state index is 13.6. The summed E-state index contributed by atoms with van der Waals surface area (Å²) in [5.41, 5.74) is 12.7. The van der Waals surface area contributed by atoms with Gasteiger partial charge in [-0.3, -0.25) is 19.2 Å². The number of nitrogens with zero attached hydrogens (tertiary/aromatic N) is 2. The molecule has 232 valence electrons. The molecule has 0 radical (unpaired) electrons. The Bertz CT molecular complexity index is 1340. The standard InChI is InChI=1S/C24H33N5O6.C7H9N/c1-14(9-20(25)31)27-21(32)18(10-15-5-6-15)29-22(33)24(2,3)28(23(29)34)12-16-7-8-17(26-13-30)19(11-16)35-4;1-6-4-2-3-5-7(6)8/h7-8,11,13-15,18H,5-6,9-10,12H2,1-4H3,(H2,25,31)(H,26,30)(H,27,32);2-5H,8H2,1H3. The van der Waals surface area contributed by atoms with E-state index in [2.05, 4.69) is 10.6 Å². The molecule has 1 saturated heterocycles. The zero-order valence-corrected chi connectivity index (χ0v) is 25.4. The maximum Gasteiger partial charge on any atom is 0.328 e. The summed E-state index contributed by atoms with van der Waals surface area (Å²) in [5, 5.41) is 5.28. The van der Waals surface area contributed by atoms with Crippen LogP contribution in [0.1, 0.15) is 57.6 Å². The molecule has 12 nitrogen and oxygen atoms in total. The summed E-state index contributed by atoms with van der Waals surface area (Å²) < 4.78 is 5.32. The van der Waals surface area contributed by atoms with Crippen LogP contribution in [0.4, 0.5) is 16.2 Å². The van der Waals surface area contributed by atoms with Gasteiger partial charge in [-0.15, -0.1) is 0 Å². The van der Waals surface area contributed by atoms with E-state index in [9.17, 15) is 24.0 Å². The van der Waals surface area contributed by atoms with E-state index in [1.807, 2.05) is 31.2 Å². The lowest BCUT2D eigenvalue weighted by Gasteiger charge is -2.28. The molecule has 1 heterocycles. The number of anilines is 2. The van der Waals surface area contributed by atoms with Gasteiger partial charge in [0.25, 0.3) is 5.91 Å². The fourth-order valence-electron chi connectivity index (χ4n) is 4.88. The molecular weight excluding hydrogens is 552 g/mol. The molecule has 1 aliphatic carbocycles. The second-order valence-electron chi connectivity index (χ2n) is 11.5. The topological polar surface area (TPSA) is 177 Å². The van der Waals surface area contributed by atoms with Crippen molar-refractivity contribution in [2.75, 3.05) is 18.2 Å². The number of nitrogens with one attached hydrogen (secondary N) is 2. The minimum absolute atomic E-state index is 0.0435. The summed E-state index contributed by atoms with van der Waals surface area (Å²) >= 11 is 0. The van der Waals surface area contributed by atoms with Gasteiger partial charge in [0.2, 0.25) is 18.2 Å². The maximum absolute atomic E-state index is 13.6. The lowest BCUT2D eigenvalue weighted by atomic mass is 10.0. The molecule has 2 fully saturated rings. The van der Waals surface area contributed by atoms with Crippen molar-refractivity contribution in [3.63, 3.8) is 0 Å². The van der Waals surface area contributed by atoms with Crippen molar-refractivity contribution in [1.82, 2.24) is 15.1 Å². The van der Waals surface area contributed by atoms with Crippen LogP contribution in [-0.2, 0) is 25.7 Å². The lowest BCUT2D eigenvalue weighted by molar-refractivity contribution is -0.139. The number of carbonyl (C=O) groups excluding carboxylic acids is 5. The second kappa shape index (κ2) is 14.0. The quantitative estimate of drug-likeness (QED) is 0.166. The van der Waals surface area contributed by atoms with Crippen LogP contribution >= 0.6 is 0 Å². The predicted octanol–water partition coefficient (Wildman–Crippen LogP) is 2.93. The third kappa shape index (κ3) is 8.24. The van der Waals surface area contributed by atoms with Crippen LogP contribution in [0, 0.1) is 12.8 Å². The largest absolute Gasteiger partial charge is 0.495 e. The number of hydrogen-bond donors (Lipinski definition) is 4. The number of nitrogens with two attached hydrogens (primary N) is 2. The number of rotatable bonds is 12. The molecule has 0 spiro atoms. The van der Waals surface area contributed by atoms with Crippen molar-refractivity contribution in [3.8, 4) is 5.75 Å². The Labute approximate surface area is 252 Å². The van der Waals surface area contributed by atoms with Crippen molar-refractivity contribution in [3.05, 3.63) is 53.6 Å². The van der Waals surface area contributed by atoms with E-state index < -0.39 is 41.4 Å². The summed E-state index contributed by atoms with van der Waals surface area (Å²) in [6.45, 7) is 7.04. The highest BCUT2D eigenvalue weighted by atomic mass is 16.5. The molecule has 4 rings (SSSR count). The molecule has 2 aromatic rings. The molecule has 1 saturated carbocycles. The molecule has 2 atom stereocenters. The summed E-state index contributed by atoms with van der Waals surface area (Å²) in [4.78, 5) is 64.7. The van der Waals surface area contributed by atoms with E-state index in [1.54, 1.807) is 39.0 Å². The number of imide groups is 1. The van der Waals surface area contributed by atoms with E-state index in [1.165, 1.54) is 12.0 Å². The van der Waals surface area contributed by atoms with Gasteiger partial charge in [0.1, 0.15) is 17.3 Å². The van der Waals surface area contributed by atoms with Gasteiger partial charge in [0.15, 0.2) is 0 Å². The minimum atomic E-state index is -1.19. The van der Waals surface area contributed by atoms with Crippen LogP contribution in [-0.4, -0.2) is 64.7 Å². The fraction of sp³-hybridized carbons (Fsp3) is 0.452.